The molecule has 0 saturated heterocycles. The van der Waals surface area contributed by atoms with Crippen molar-refractivity contribution < 1.29 is 24.5 Å². The predicted molar refractivity (Wildman–Crippen MR) is 239 cm³/mol. The Balaban J connectivity index is 0.000000176. The number of para-hydroxylation sites is 1. The molecule has 0 aliphatic heterocycles. The van der Waals surface area contributed by atoms with E-state index in [1.54, 1.807) is 0 Å². The van der Waals surface area contributed by atoms with Crippen LogP contribution in [0.3, 0.4) is 0 Å². The van der Waals surface area contributed by atoms with E-state index < -0.39 is 8.07 Å². The summed E-state index contributed by atoms with van der Waals surface area (Å²) in [4.78, 5) is 19.1. The van der Waals surface area contributed by atoms with Crippen molar-refractivity contribution in [3.05, 3.63) is 193 Å². The maximum Gasteiger partial charge on any atom is 0.216 e. The summed E-state index contributed by atoms with van der Waals surface area (Å²) in [7, 11) is -1.43. The molecule has 0 saturated carbocycles. The molecule has 5 aromatic carbocycles. The number of furan rings is 1. The minimum Gasteiger partial charge on any atom is -0.486 e. The van der Waals surface area contributed by atoms with Crippen molar-refractivity contribution in [1.29, 1.82) is 0 Å². The molecule has 0 aliphatic rings. The van der Waals surface area contributed by atoms with Crippen LogP contribution in [0, 0.1) is 19.1 Å². The predicted octanol–water partition coefficient (Wildman–Crippen LogP) is 11.8. The Hall–Kier alpha value is -6.31. The zero-order chi connectivity index (χ0) is 39.6. The molecule has 5 aromatic heterocycles. The normalized spacial score (nSPS) is 11.3. The van der Waals surface area contributed by atoms with Crippen LogP contribution >= 0.6 is 0 Å². The second-order valence-electron chi connectivity index (χ2n) is 15.4. The van der Waals surface area contributed by atoms with Crippen LogP contribution in [0.15, 0.2) is 168 Å². The van der Waals surface area contributed by atoms with E-state index in [1.165, 1.54) is 16.3 Å². The Morgan fingerprint density at radius 1 is 0.661 bits per heavy atom. The SMILES string of the molecule is C[Si](C)(C)c1cnc(-c2[c-]cccc2)cc1Cc1ccccc1.Cc1cc2nc(-c3[c-]ccc4c3oc3nc(-c5ccccc5)ccc34)n(-c3ccccc3)c2cn1.[Ir]. The van der Waals surface area contributed by atoms with Crippen LogP contribution < -0.4 is 5.19 Å². The van der Waals surface area contributed by atoms with Gasteiger partial charge in [-0.2, -0.15) is 0 Å². The van der Waals surface area contributed by atoms with Crippen LogP contribution in [-0.2, 0) is 26.5 Å². The minimum absolute atomic E-state index is 0. The molecule has 8 heteroatoms. The molecular weight excluding hydrogens is 919 g/mol. The average molecular weight is 960 g/mol. The van der Waals surface area contributed by atoms with E-state index in [0.29, 0.717) is 5.71 Å². The molecule has 0 atom stereocenters. The minimum atomic E-state index is -1.43. The third kappa shape index (κ3) is 8.21. The molecule has 59 heavy (non-hydrogen) atoms. The zero-order valence-corrected chi connectivity index (χ0v) is 36.7. The molecule has 0 fully saturated rings. The second-order valence-corrected chi connectivity index (χ2v) is 20.5. The van der Waals surface area contributed by atoms with Crippen LogP contribution in [0.1, 0.15) is 16.8 Å². The summed E-state index contributed by atoms with van der Waals surface area (Å²) in [5.74, 6) is 0.756. The number of benzene rings is 5. The van der Waals surface area contributed by atoms with Gasteiger partial charge in [-0.15, -0.1) is 54.1 Å². The molecule has 0 amide bonds. The summed E-state index contributed by atoms with van der Waals surface area (Å²) in [6.07, 6.45) is 4.93. The molecule has 6 nitrogen and oxygen atoms in total. The van der Waals surface area contributed by atoms with E-state index in [-0.39, 0.29) is 20.1 Å². The molecular formula is C51H41IrN5OSi-2. The monoisotopic (exact) mass is 960 g/mol. The molecule has 0 unspecified atom stereocenters. The third-order valence-corrected chi connectivity index (χ3v) is 12.4. The smallest absolute Gasteiger partial charge is 0.216 e. The summed E-state index contributed by atoms with van der Waals surface area (Å²) in [5.41, 5.74) is 12.6. The summed E-state index contributed by atoms with van der Waals surface area (Å²) >= 11 is 0. The molecule has 0 bridgehead atoms. The molecule has 5 heterocycles. The molecule has 0 N–H and O–H groups in total. The number of fused-ring (bicyclic) bond motifs is 4. The topological polar surface area (TPSA) is 69.6 Å². The number of rotatable bonds is 7. The number of aromatic nitrogens is 5. The molecule has 0 aliphatic carbocycles. The average Bonchev–Trinajstić information content (AvgIpc) is 3.83. The molecule has 0 spiro atoms. The van der Waals surface area contributed by atoms with Crippen LogP contribution in [0.2, 0.25) is 19.6 Å². The first-order valence-electron chi connectivity index (χ1n) is 19.5. The molecule has 10 rings (SSSR count). The summed E-state index contributed by atoms with van der Waals surface area (Å²) in [6, 6.07) is 58.0. The van der Waals surface area contributed by atoms with Crippen molar-refractivity contribution in [3.63, 3.8) is 0 Å². The van der Waals surface area contributed by atoms with Gasteiger partial charge < -0.3 is 14.0 Å². The van der Waals surface area contributed by atoms with Crippen molar-refractivity contribution in [2.45, 2.75) is 33.0 Å². The Bertz CT molecular complexity index is 3020. The van der Waals surface area contributed by atoms with E-state index in [1.807, 2.05) is 104 Å². The van der Waals surface area contributed by atoms with Crippen molar-refractivity contribution in [2.75, 3.05) is 0 Å². The van der Waals surface area contributed by atoms with Gasteiger partial charge >= 0.3 is 0 Å². The van der Waals surface area contributed by atoms with E-state index in [4.69, 9.17) is 19.4 Å². The second kappa shape index (κ2) is 16.9. The molecule has 291 valence electrons. The maximum atomic E-state index is 6.40. The standard InChI is InChI=1S/C30H19N4O.C21H22NSi.Ir/c1-19-17-26-27(18-31-19)34(21-11-6-3-7-12-21)29(32-26)24-14-8-13-22-23-15-16-25(20-9-4-2-5-10-20)33-30(23)35-28(22)24;1-23(2,3)21-16-22-20(18-12-8-5-9-13-18)15-19(21)14-17-10-6-4-7-11-17;/h2-13,15-18H,1H3;4-12,15-16H,14H2,1-3H3;/q2*-1;. The van der Waals surface area contributed by atoms with E-state index in [0.717, 1.165) is 79.1 Å². The number of hydrogen-bond donors (Lipinski definition) is 0. The fourth-order valence-electron chi connectivity index (χ4n) is 7.48. The van der Waals surface area contributed by atoms with Gasteiger partial charge in [-0.05, 0) is 60.1 Å². The molecule has 10 aromatic rings. The first-order valence-corrected chi connectivity index (χ1v) is 23.0. The first-order chi connectivity index (χ1) is 28.3. The van der Waals surface area contributed by atoms with Crippen molar-refractivity contribution in [1.82, 2.24) is 24.5 Å². The van der Waals surface area contributed by atoms with Gasteiger partial charge in [0.15, 0.2) is 0 Å². The number of imidazole rings is 1. The number of pyridine rings is 3. The number of hydrogen-bond acceptors (Lipinski definition) is 5. The Morgan fingerprint density at radius 2 is 1.39 bits per heavy atom. The van der Waals surface area contributed by atoms with Gasteiger partial charge in [0.2, 0.25) is 5.71 Å². The van der Waals surface area contributed by atoms with Crippen LogP contribution in [0.25, 0.3) is 72.7 Å². The van der Waals surface area contributed by atoms with Gasteiger partial charge in [-0.1, -0.05) is 121 Å². The van der Waals surface area contributed by atoms with Gasteiger partial charge in [0.1, 0.15) is 0 Å². The number of aryl methyl sites for hydroxylation is 1. The van der Waals surface area contributed by atoms with E-state index >= 15 is 0 Å². The van der Waals surface area contributed by atoms with Crippen molar-refractivity contribution in [3.8, 4) is 39.6 Å². The van der Waals surface area contributed by atoms with Crippen LogP contribution in [0.4, 0.5) is 0 Å². The van der Waals surface area contributed by atoms with Gasteiger partial charge in [0.05, 0.1) is 42.4 Å². The first kappa shape index (κ1) is 39.5. The summed E-state index contributed by atoms with van der Waals surface area (Å²) < 4.78 is 8.51. The van der Waals surface area contributed by atoms with Crippen molar-refractivity contribution >= 4 is 46.4 Å². The fraction of sp³-hybridized carbons (Fsp3) is 0.0980. The third-order valence-electron chi connectivity index (χ3n) is 10.3. The summed E-state index contributed by atoms with van der Waals surface area (Å²) in [5, 5.41) is 3.40. The van der Waals surface area contributed by atoms with E-state index in [2.05, 4.69) is 108 Å². The van der Waals surface area contributed by atoms with Gasteiger partial charge in [-0.3, -0.25) is 9.97 Å². The number of nitrogens with zero attached hydrogens (tertiary/aromatic N) is 5. The fourth-order valence-corrected chi connectivity index (χ4v) is 9.05. The van der Waals surface area contributed by atoms with Gasteiger partial charge in [0, 0.05) is 48.6 Å². The molecule has 1 radical (unpaired) electrons. The van der Waals surface area contributed by atoms with Gasteiger partial charge in [-0.25, -0.2) is 4.98 Å². The summed E-state index contributed by atoms with van der Waals surface area (Å²) in [6.45, 7) is 9.12. The van der Waals surface area contributed by atoms with Crippen molar-refractivity contribution in [2.24, 2.45) is 0 Å². The Labute approximate surface area is 359 Å². The maximum absolute atomic E-state index is 6.40. The van der Waals surface area contributed by atoms with Crippen LogP contribution in [0.5, 0.6) is 0 Å². The quantitative estimate of drug-likeness (QED) is 0.118. The largest absolute Gasteiger partial charge is 0.486 e. The Kier molecular flexibility index (Phi) is 11.3. The van der Waals surface area contributed by atoms with Gasteiger partial charge in [0.25, 0.3) is 0 Å². The Morgan fingerprint density at radius 3 is 2.12 bits per heavy atom. The zero-order valence-electron chi connectivity index (χ0n) is 33.3. The van der Waals surface area contributed by atoms with Crippen LogP contribution in [-0.4, -0.2) is 32.6 Å². The van der Waals surface area contributed by atoms with E-state index in [9.17, 15) is 0 Å².